The highest BCUT2D eigenvalue weighted by Gasteiger charge is 2.17. The molecule has 0 aliphatic heterocycles. The van der Waals surface area contributed by atoms with E-state index in [4.69, 9.17) is 0 Å². The molecule has 150 valence electrons. The molecule has 0 saturated heterocycles. The number of aromatic nitrogens is 1. The first-order valence-electron chi connectivity index (χ1n) is 9.07. The van der Waals surface area contributed by atoms with Crippen molar-refractivity contribution in [2.24, 2.45) is 0 Å². The van der Waals surface area contributed by atoms with Crippen LogP contribution >= 0.6 is 12.4 Å². The van der Waals surface area contributed by atoms with Crippen molar-refractivity contribution >= 4 is 33.2 Å². The Morgan fingerprint density at radius 2 is 1.86 bits per heavy atom. The lowest BCUT2D eigenvalue weighted by molar-refractivity contribution is 0.537. The molecule has 0 bridgehead atoms. The maximum absolute atomic E-state index is 12.6. The SMILES string of the molecule is Cc1ccccc1CCNC[C@@H](C)NS(=O)(=O)c1ccc2cnccc2c1.Cl. The normalized spacial score (nSPS) is 12.5. The molecule has 0 unspecified atom stereocenters. The molecule has 0 aliphatic carbocycles. The minimum absolute atomic E-state index is 0. The summed E-state index contributed by atoms with van der Waals surface area (Å²) in [6, 6.07) is 15.0. The van der Waals surface area contributed by atoms with E-state index in [0.717, 1.165) is 23.7 Å². The second-order valence-corrected chi connectivity index (χ2v) is 8.50. The van der Waals surface area contributed by atoms with Gasteiger partial charge in [-0.15, -0.1) is 12.4 Å². The zero-order chi connectivity index (χ0) is 19.3. The van der Waals surface area contributed by atoms with Gasteiger partial charge in [0.25, 0.3) is 0 Å². The van der Waals surface area contributed by atoms with E-state index in [2.05, 4.69) is 34.1 Å². The van der Waals surface area contributed by atoms with E-state index in [1.165, 1.54) is 11.1 Å². The van der Waals surface area contributed by atoms with Gasteiger partial charge >= 0.3 is 0 Å². The summed E-state index contributed by atoms with van der Waals surface area (Å²) in [5.74, 6) is 0. The van der Waals surface area contributed by atoms with E-state index in [1.54, 1.807) is 30.6 Å². The first kappa shape index (κ1) is 22.3. The molecule has 2 aromatic carbocycles. The zero-order valence-electron chi connectivity index (χ0n) is 16.1. The fraction of sp³-hybridized carbons (Fsp3) is 0.286. The molecule has 2 N–H and O–H groups in total. The minimum Gasteiger partial charge on any atom is -0.315 e. The van der Waals surface area contributed by atoms with Gasteiger partial charge in [0.05, 0.1) is 4.90 Å². The van der Waals surface area contributed by atoms with E-state index in [9.17, 15) is 8.42 Å². The standard InChI is InChI=1S/C21H25N3O2S.ClH/c1-16-5-3-4-6-18(16)9-11-22-14-17(2)24-27(25,26)21-8-7-20-15-23-12-10-19(20)13-21;/h3-8,10,12-13,15,17,22,24H,9,11,14H2,1-2H3;1H/t17-;/m1./s1. The topological polar surface area (TPSA) is 71.1 Å². The Morgan fingerprint density at radius 1 is 1.07 bits per heavy atom. The Bertz CT molecular complexity index is 1020. The summed E-state index contributed by atoms with van der Waals surface area (Å²) >= 11 is 0. The molecule has 0 fully saturated rings. The number of nitrogens with zero attached hydrogens (tertiary/aromatic N) is 1. The van der Waals surface area contributed by atoms with E-state index >= 15 is 0 Å². The van der Waals surface area contributed by atoms with Crippen molar-refractivity contribution in [2.75, 3.05) is 13.1 Å². The molecule has 28 heavy (non-hydrogen) atoms. The maximum atomic E-state index is 12.6. The largest absolute Gasteiger partial charge is 0.315 e. The number of hydrogen-bond acceptors (Lipinski definition) is 4. The first-order chi connectivity index (χ1) is 13.0. The Kier molecular flexibility index (Phi) is 7.95. The van der Waals surface area contributed by atoms with Crippen LogP contribution in [-0.4, -0.2) is 32.5 Å². The predicted molar refractivity (Wildman–Crippen MR) is 117 cm³/mol. The lowest BCUT2D eigenvalue weighted by Crippen LogP contribution is -2.40. The molecule has 0 spiro atoms. The third-order valence-corrected chi connectivity index (χ3v) is 6.15. The highest BCUT2D eigenvalue weighted by atomic mass is 35.5. The van der Waals surface area contributed by atoms with Crippen LogP contribution < -0.4 is 10.0 Å². The summed E-state index contributed by atoms with van der Waals surface area (Å²) in [7, 11) is -3.56. The smallest absolute Gasteiger partial charge is 0.240 e. The van der Waals surface area contributed by atoms with Gasteiger partial charge in [0, 0.05) is 30.4 Å². The third-order valence-electron chi connectivity index (χ3n) is 4.56. The number of halogens is 1. The van der Waals surface area contributed by atoms with E-state index < -0.39 is 10.0 Å². The average Bonchev–Trinajstić information content (AvgIpc) is 2.66. The molecule has 1 aromatic heterocycles. The van der Waals surface area contributed by atoms with Crippen LogP contribution in [0.2, 0.25) is 0 Å². The molecular formula is C21H26ClN3O2S. The van der Waals surface area contributed by atoms with Gasteiger partial charge in [-0.2, -0.15) is 0 Å². The molecule has 0 saturated carbocycles. The Hall–Kier alpha value is -1.99. The van der Waals surface area contributed by atoms with E-state index in [1.807, 2.05) is 25.1 Å². The Morgan fingerprint density at radius 3 is 2.64 bits per heavy atom. The van der Waals surface area contributed by atoms with Crippen molar-refractivity contribution in [3.05, 3.63) is 72.1 Å². The molecule has 7 heteroatoms. The van der Waals surface area contributed by atoms with Gasteiger partial charge in [-0.05, 0) is 61.5 Å². The lowest BCUT2D eigenvalue weighted by atomic mass is 10.1. The molecule has 3 aromatic rings. The number of rotatable bonds is 8. The van der Waals surface area contributed by atoms with Gasteiger partial charge in [0.1, 0.15) is 0 Å². The zero-order valence-corrected chi connectivity index (χ0v) is 17.7. The summed E-state index contributed by atoms with van der Waals surface area (Å²) in [5.41, 5.74) is 2.59. The van der Waals surface area contributed by atoms with Crippen molar-refractivity contribution in [1.82, 2.24) is 15.0 Å². The predicted octanol–water partition coefficient (Wildman–Crippen LogP) is 3.46. The van der Waals surface area contributed by atoms with Crippen LogP contribution in [0.5, 0.6) is 0 Å². The second-order valence-electron chi connectivity index (χ2n) is 6.79. The van der Waals surface area contributed by atoms with Crippen LogP contribution in [0.25, 0.3) is 10.8 Å². The van der Waals surface area contributed by atoms with Crippen LogP contribution in [0.15, 0.2) is 65.8 Å². The minimum atomic E-state index is -3.56. The van der Waals surface area contributed by atoms with Crippen molar-refractivity contribution in [3.63, 3.8) is 0 Å². The number of nitrogens with one attached hydrogen (secondary N) is 2. The van der Waals surface area contributed by atoms with Gasteiger partial charge < -0.3 is 5.32 Å². The van der Waals surface area contributed by atoms with Crippen LogP contribution in [0.1, 0.15) is 18.1 Å². The third kappa shape index (κ3) is 5.75. The molecule has 0 aliphatic rings. The molecule has 1 heterocycles. The van der Waals surface area contributed by atoms with Crippen molar-refractivity contribution in [2.45, 2.75) is 31.2 Å². The molecule has 1 atom stereocenters. The molecule has 0 amide bonds. The number of sulfonamides is 1. The molecular weight excluding hydrogens is 394 g/mol. The summed E-state index contributed by atoms with van der Waals surface area (Å²) in [6.45, 7) is 5.34. The summed E-state index contributed by atoms with van der Waals surface area (Å²) in [4.78, 5) is 4.32. The van der Waals surface area contributed by atoms with Crippen LogP contribution in [0.3, 0.4) is 0 Å². The number of hydrogen-bond donors (Lipinski definition) is 2. The highest BCUT2D eigenvalue weighted by Crippen LogP contribution is 2.18. The van der Waals surface area contributed by atoms with E-state index in [-0.39, 0.29) is 23.3 Å². The quantitative estimate of drug-likeness (QED) is 0.548. The summed E-state index contributed by atoms with van der Waals surface area (Å²) in [6.07, 6.45) is 4.30. The van der Waals surface area contributed by atoms with Crippen LogP contribution in [0.4, 0.5) is 0 Å². The van der Waals surface area contributed by atoms with Gasteiger partial charge in [0.2, 0.25) is 10.0 Å². The fourth-order valence-corrected chi connectivity index (χ4v) is 4.31. The van der Waals surface area contributed by atoms with Gasteiger partial charge in [-0.1, -0.05) is 30.3 Å². The molecule has 3 rings (SSSR count). The van der Waals surface area contributed by atoms with Gasteiger partial charge in [-0.25, -0.2) is 13.1 Å². The molecule has 5 nitrogen and oxygen atoms in total. The first-order valence-corrected chi connectivity index (χ1v) is 10.6. The van der Waals surface area contributed by atoms with E-state index in [0.29, 0.717) is 6.54 Å². The van der Waals surface area contributed by atoms with Crippen molar-refractivity contribution < 1.29 is 8.42 Å². The van der Waals surface area contributed by atoms with Crippen molar-refractivity contribution in [1.29, 1.82) is 0 Å². The number of pyridine rings is 1. The number of benzene rings is 2. The summed E-state index contributed by atoms with van der Waals surface area (Å²) in [5, 5.41) is 5.11. The lowest BCUT2D eigenvalue weighted by Gasteiger charge is -2.16. The van der Waals surface area contributed by atoms with Crippen LogP contribution in [0, 0.1) is 6.92 Å². The Balaban J connectivity index is 0.00000280. The van der Waals surface area contributed by atoms with Gasteiger partial charge in [0.15, 0.2) is 0 Å². The summed E-state index contributed by atoms with van der Waals surface area (Å²) < 4.78 is 28.0. The van der Waals surface area contributed by atoms with Gasteiger partial charge in [-0.3, -0.25) is 4.98 Å². The highest BCUT2D eigenvalue weighted by molar-refractivity contribution is 7.89. The van der Waals surface area contributed by atoms with Crippen LogP contribution in [-0.2, 0) is 16.4 Å². The van der Waals surface area contributed by atoms with Crippen molar-refractivity contribution in [3.8, 4) is 0 Å². The number of fused-ring (bicyclic) bond motifs is 1. The average molecular weight is 420 g/mol. The second kappa shape index (κ2) is 9.98. The fourth-order valence-electron chi connectivity index (χ4n) is 3.04. The monoisotopic (exact) mass is 419 g/mol. The molecule has 0 radical (unpaired) electrons. The Labute approximate surface area is 173 Å². The number of aryl methyl sites for hydroxylation is 1. The maximum Gasteiger partial charge on any atom is 0.240 e.